The average molecular weight is 480 g/mol. The van der Waals surface area contributed by atoms with Gasteiger partial charge in [-0.15, -0.1) is 0 Å². The molecule has 7 heteroatoms. The summed E-state index contributed by atoms with van der Waals surface area (Å²) in [6.07, 6.45) is 0. The standard InChI is InChI=1S/C23H17BrN2O3S/c24-17-12-14-18(15-13-17)30(28,29)26-22-10-4-3-9-20(22)23(27)25-21-11-5-7-16-6-1-2-8-19(16)21/h1-15,26H,(H,25,27)/p-1. The number of hydrogen-bond acceptors (Lipinski definition) is 4. The molecule has 0 fully saturated rings. The topological polar surface area (TPSA) is 81.6 Å². The summed E-state index contributed by atoms with van der Waals surface area (Å²) in [5, 5.41) is 14.8. The fourth-order valence-corrected chi connectivity index (χ4v) is 4.40. The first-order valence-corrected chi connectivity index (χ1v) is 11.3. The summed E-state index contributed by atoms with van der Waals surface area (Å²) in [5.41, 5.74) is 0.879. The number of nitrogens with zero attached hydrogens (tertiary/aromatic N) is 1. The molecule has 4 aromatic carbocycles. The molecule has 5 nitrogen and oxygen atoms in total. The molecule has 150 valence electrons. The van der Waals surface area contributed by atoms with Crippen LogP contribution in [0.1, 0.15) is 5.56 Å². The number of aliphatic imine (C=N–C) groups is 1. The van der Waals surface area contributed by atoms with E-state index >= 15 is 0 Å². The summed E-state index contributed by atoms with van der Waals surface area (Å²) in [6.45, 7) is 0. The summed E-state index contributed by atoms with van der Waals surface area (Å²) in [7, 11) is -3.86. The first kappa shape index (κ1) is 20.1. The maximum atomic E-state index is 12.9. The van der Waals surface area contributed by atoms with Gasteiger partial charge in [-0.25, -0.2) is 8.42 Å². The number of halogens is 1. The van der Waals surface area contributed by atoms with Crippen LogP contribution in [0.3, 0.4) is 0 Å². The molecular weight excluding hydrogens is 464 g/mol. The van der Waals surface area contributed by atoms with E-state index in [1.807, 2.05) is 36.4 Å². The number of benzene rings is 4. The minimum absolute atomic E-state index is 0.0962. The van der Waals surface area contributed by atoms with Crippen molar-refractivity contribution in [3.05, 3.63) is 101 Å². The molecule has 0 heterocycles. The third-order valence-corrected chi connectivity index (χ3v) is 6.42. The highest BCUT2D eigenvalue weighted by molar-refractivity contribution is 9.10. The Morgan fingerprint density at radius 1 is 0.833 bits per heavy atom. The van der Waals surface area contributed by atoms with Gasteiger partial charge in [-0.3, -0.25) is 9.71 Å². The van der Waals surface area contributed by atoms with Crippen molar-refractivity contribution in [3.63, 3.8) is 0 Å². The molecule has 0 unspecified atom stereocenters. The summed E-state index contributed by atoms with van der Waals surface area (Å²) in [6, 6.07) is 25.8. The second kappa shape index (κ2) is 8.30. The molecule has 0 aliphatic heterocycles. The number of hydrogen-bond donors (Lipinski definition) is 1. The Morgan fingerprint density at radius 2 is 1.50 bits per heavy atom. The quantitative estimate of drug-likeness (QED) is 0.328. The van der Waals surface area contributed by atoms with Crippen LogP contribution in [-0.2, 0) is 10.0 Å². The third kappa shape index (κ3) is 4.22. The fourth-order valence-electron chi connectivity index (χ4n) is 3.05. The Balaban J connectivity index is 1.72. The Labute approximate surface area is 182 Å². The number of anilines is 1. The second-order valence-corrected chi connectivity index (χ2v) is 9.12. The van der Waals surface area contributed by atoms with Gasteiger partial charge in [-0.2, -0.15) is 0 Å². The van der Waals surface area contributed by atoms with Crippen LogP contribution < -0.4 is 9.83 Å². The van der Waals surface area contributed by atoms with E-state index in [9.17, 15) is 13.5 Å². The van der Waals surface area contributed by atoms with Crippen LogP contribution >= 0.6 is 15.9 Å². The molecule has 0 saturated carbocycles. The van der Waals surface area contributed by atoms with Gasteiger partial charge < -0.3 is 5.11 Å². The lowest BCUT2D eigenvalue weighted by atomic mass is 10.1. The predicted octanol–water partition coefficient (Wildman–Crippen LogP) is 4.84. The van der Waals surface area contributed by atoms with Crippen LogP contribution in [0, 0.1) is 0 Å². The zero-order valence-electron chi connectivity index (χ0n) is 15.6. The molecule has 0 aromatic heterocycles. The van der Waals surface area contributed by atoms with Crippen molar-refractivity contribution >= 4 is 54.0 Å². The lowest BCUT2D eigenvalue weighted by molar-refractivity contribution is -0.212. The largest absolute Gasteiger partial charge is 0.858 e. The van der Waals surface area contributed by atoms with Crippen LogP contribution in [0.15, 0.2) is 105 Å². The number of nitrogens with one attached hydrogen (secondary N) is 1. The molecule has 0 radical (unpaired) electrons. The van der Waals surface area contributed by atoms with Crippen LogP contribution in [-0.4, -0.2) is 14.3 Å². The van der Waals surface area contributed by atoms with E-state index in [2.05, 4.69) is 25.6 Å². The zero-order chi connectivity index (χ0) is 21.1. The van der Waals surface area contributed by atoms with E-state index < -0.39 is 15.9 Å². The lowest BCUT2D eigenvalue weighted by Crippen LogP contribution is -2.22. The van der Waals surface area contributed by atoms with Gasteiger partial charge in [0.25, 0.3) is 10.0 Å². The second-order valence-electron chi connectivity index (χ2n) is 6.52. The van der Waals surface area contributed by atoms with Gasteiger partial charge in [-0.1, -0.05) is 70.5 Å². The smallest absolute Gasteiger partial charge is 0.261 e. The zero-order valence-corrected chi connectivity index (χ0v) is 18.0. The third-order valence-electron chi connectivity index (χ3n) is 4.51. The highest BCUT2D eigenvalue weighted by Gasteiger charge is 2.16. The minimum Gasteiger partial charge on any atom is -0.858 e. The van der Waals surface area contributed by atoms with Crippen molar-refractivity contribution in [1.82, 2.24) is 0 Å². The van der Waals surface area contributed by atoms with Gasteiger partial charge in [0, 0.05) is 15.4 Å². The van der Waals surface area contributed by atoms with Gasteiger partial charge in [-0.05, 0) is 47.7 Å². The maximum Gasteiger partial charge on any atom is 0.261 e. The molecule has 0 aliphatic rings. The van der Waals surface area contributed by atoms with Crippen LogP contribution in [0.2, 0.25) is 0 Å². The Morgan fingerprint density at radius 3 is 2.30 bits per heavy atom. The number of sulfonamides is 1. The lowest BCUT2D eigenvalue weighted by Gasteiger charge is -2.17. The van der Waals surface area contributed by atoms with Gasteiger partial charge in [0.05, 0.1) is 16.3 Å². The average Bonchev–Trinajstić information content (AvgIpc) is 2.74. The van der Waals surface area contributed by atoms with Crippen molar-refractivity contribution in [2.75, 3.05) is 4.72 Å². The summed E-state index contributed by atoms with van der Waals surface area (Å²) in [4.78, 5) is 4.35. The highest BCUT2D eigenvalue weighted by Crippen LogP contribution is 2.27. The first-order valence-electron chi connectivity index (χ1n) is 9.05. The number of rotatable bonds is 5. The van der Waals surface area contributed by atoms with Gasteiger partial charge in [0.15, 0.2) is 0 Å². The van der Waals surface area contributed by atoms with E-state index in [-0.39, 0.29) is 16.1 Å². The summed E-state index contributed by atoms with van der Waals surface area (Å²) < 4.78 is 28.8. The van der Waals surface area contributed by atoms with Crippen LogP contribution in [0.25, 0.3) is 10.8 Å². The number of para-hydroxylation sites is 1. The van der Waals surface area contributed by atoms with Gasteiger partial charge in [0.1, 0.15) is 0 Å². The molecule has 1 N–H and O–H groups in total. The monoisotopic (exact) mass is 479 g/mol. The molecule has 0 amide bonds. The van der Waals surface area contributed by atoms with Gasteiger partial charge in [0.2, 0.25) is 0 Å². The minimum atomic E-state index is -3.86. The van der Waals surface area contributed by atoms with Crippen molar-refractivity contribution < 1.29 is 13.5 Å². The molecule has 4 rings (SSSR count). The first-order chi connectivity index (χ1) is 14.4. The SMILES string of the molecule is O=S(=O)(Nc1ccccc1C([O-])=Nc1cccc2ccccc12)c1ccc(Br)cc1. The molecule has 0 atom stereocenters. The molecule has 0 spiro atoms. The summed E-state index contributed by atoms with van der Waals surface area (Å²) >= 11 is 3.29. The van der Waals surface area contributed by atoms with Crippen molar-refractivity contribution in [2.24, 2.45) is 4.99 Å². The van der Waals surface area contributed by atoms with E-state index in [1.165, 1.54) is 12.1 Å². The Kier molecular flexibility index (Phi) is 5.57. The van der Waals surface area contributed by atoms with Gasteiger partial charge >= 0.3 is 0 Å². The van der Waals surface area contributed by atoms with Crippen molar-refractivity contribution in [1.29, 1.82) is 0 Å². The van der Waals surface area contributed by atoms with E-state index in [4.69, 9.17) is 0 Å². The molecule has 30 heavy (non-hydrogen) atoms. The fraction of sp³-hybridized carbons (Fsp3) is 0. The van der Waals surface area contributed by atoms with E-state index in [0.29, 0.717) is 5.69 Å². The maximum absolute atomic E-state index is 12.9. The van der Waals surface area contributed by atoms with E-state index in [1.54, 1.807) is 42.5 Å². The molecule has 0 bridgehead atoms. The van der Waals surface area contributed by atoms with Crippen molar-refractivity contribution in [2.45, 2.75) is 4.90 Å². The van der Waals surface area contributed by atoms with Crippen molar-refractivity contribution in [3.8, 4) is 0 Å². The molecule has 0 aliphatic carbocycles. The molecule has 0 saturated heterocycles. The normalized spacial score (nSPS) is 12.1. The van der Waals surface area contributed by atoms with E-state index in [0.717, 1.165) is 15.2 Å². The summed E-state index contributed by atoms with van der Waals surface area (Å²) in [5.74, 6) is -0.527. The van der Waals surface area contributed by atoms with Crippen LogP contribution in [0.5, 0.6) is 0 Å². The Bertz CT molecular complexity index is 1350. The highest BCUT2D eigenvalue weighted by atomic mass is 79.9. The van der Waals surface area contributed by atoms with Crippen LogP contribution in [0.4, 0.5) is 11.4 Å². The number of fused-ring (bicyclic) bond motifs is 1. The Hall–Kier alpha value is -3.16. The molecular formula is C23H16BrN2O3S-. The molecule has 4 aromatic rings. The predicted molar refractivity (Wildman–Crippen MR) is 122 cm³/mol.